The number of fused-ring (bicyclic) bond motifs is 1. The molecule has 0 aliphatic carbocycles. The summed E-state index contributed by atoms with van der Waals surface area (Å²) in [5, 5.41) is 0. The highest BCUT2D eigenvalue weighted by Gasteiger charge is 2.34. The summed E-state index contributed by atoms with van der Waals surface area (Å²) in [4.78, 5) is 35.6. The lowest BCUT2D eigenvalue weighted by Crippen LogP contribution is -2.51. The second-order valence-electron chi connectivity index (χ2n) is 7.34. The maximum Gasteiger partial charge on any atom is 0.250 e. The third-order valence-electron chi connectivity index (χ3n) is 5.69. The van der Waals surface area contributed by atoms with Crippen LogP contribution in [0.4, 0.5) is 0 Å². The van der Waals surface area contributed by atoms with E-state index in [0.29, 0.717) is 0 Å². The quantitative estimate of drug-likeness (QED) is 0.890. The minimum atomic E-state index is -0.115. The van der Waals surface area contributed by atoms with Gasteiger partial charge >= 0.3 is 0 Å². The number of carbonyl (C=O) groups excluding carboxylic acids is 1. The summed E-state index contributed by atoms with van der Waals surface area (Å²) in [6.07, 6.45) is 3.95. The number of amides is 1. The lowest BCUT2D eigenvalue weighted by Gasteiger charge is -2.39. The molecule has 0 bridgehead atoms. The van der Waals surface area contributed by atoms with Crippen LogP contribution in [0.2, 0.25) is 0 Å². The van der Waals surface area contributed by atoms with Crippen LogP contribution >= 0.6 is 0 Å². The van der Waals surface area contributed by atoms with Crippen LogP contribution in [0.15, 0.2) is 41.5 Å². The predicted molar refractivity (Wildman–Crippen MR) is 98.8 cm³/mol. The normalized spacial score (nSPS) is 21.4. The van der Waals surface area contributed by atoms with E-state index in [1.165, 1.54) is 17.5 Å². The van der Waals surface area contributed by atoms with E-state index in [9.17, 15) is 9.59 Å². The van der Waals surface area contributed by atoms with Crippen molar-refractivity contribution >= 4 is 5.91 Å². The topological polar surface area (TPSA) is 69.3 Å². The number of carbonyl (C=O) groups is 1. The molecule has 1 saturated heterocycles. The molecule has 0 radical (unpaired) electrons. The van der Waals surface area contributed by atoms with Gasteiger partial charge in [-0.1, -0.05) is 24.3 Å². The van der Waals surface area contributed by atoms with Crippen LogP contribution < -0.4 is 5.56 Å². The number of hydrogen-bond acceptors (Lipinski definition) is 4. The van der Waals surface area contributed by atoms with Gasteiger partial charge in [0.05, 0.1) is 18.1 Å². The summed E-state index contributed by atoms with van der Waals surface area (Å²) in [6.45, 7) is 2.27. The molecule has 4 rings (SSSR count). The number of aromatic nitrogens is 2. The highest BCUT2D eigenvalue weighted by molar-refractivity contribution is 5.82. The monoisotopic (exact) mass is 352 g/mol. The Morgan fingerprint density at radius 2 is 1.92 bits per heavy atom. The maximum absolute atomic E-state index is 13.1. The van der Waals surface area contributed by atoms with E-state index in [4.69, 9.17) is 0 Å². The van der Waals surface area contributed by atoms with Crippen molar-refractivity contribution in [2.45, 2.75) is 37.8 Å². The van der Waals surface area contributed by atoms with Crippen LogP contribution in [0.3, 0.4) is 0 Å². The van der Waals surface area contributed by atoms with Crippen LogP contribution in [0, 0.1) is 0 Å². The van der Waals surface area contributed by atoms with Crippen molar-refractivity contribution < 1.29 is 4.79 Å². The molecule has 1 aromatic carbocycles. The zero-order chi connectivity index (χ0) is 18.1. The Morgan fingerprint density at radius 1 is 1.19 bits per heavy atom. The van der Waals surface area contributed by atoms with Crippen molar-refractivity contribution in [3.05, 3.63) is 63.8 Å². The predicted octanol–water partition coefficient (Wildman–Crippen LogP) is 1.53. The second-order valence-corrected chi connectivity index (χ2v) is 7.34. The van der Waals surface area contributed by atoms with Crippen molar-refractivity contribution in [1.29, 1.82) is 0 Å². The Balaban J connectivity index is 1.41. The molecule has 6 nitrogen and oxygen atoms in total. The fourth-order valence-corrected chi connectivity index (χ4v) is 4.14. The minimum Gasteiger partial charge on any atom is -0.341 e. The van der Waals surface area contributed by atoms with E-state index in [1.54, 1.807) is 6.07 Å². The van der Waals surface area contributed by atoms with Crippen LogP contribution in [-0.2, 0) is 17.8 Å². The van der Waals surface area contributed by atoms with Gasteiger partial charge in [0.1, 0.15) is 0 Å². The number of likely N-dealkylation sites (tertiary alicyclic amines) is 1. The van der Waals surface area contributed by atoms with Gasteiger partial charge in [-0.3, -0.25) is 14.5 Å². The van der Waals surface area contributed by atoms with Crippen LogP contribution in [0.25, 0.3) is 0 Å². The van der Waals surface area contributed by atoms with Gasteiger partial charge in [-0.25, -0.2) is 4.98 Å². The van der Waals surface area contributed by atoms with Gasteiger partial charge in [0.2, 0.25) is 5.91 Å². The second kappa shape index (κ2) is 7.03. The van der Waals surface area contributed by atoms with Crippen LogP contribution in [0.5, 0.6) is 0 Å². The van der Waals surface area contributed by atoms with Crippen LogP contribution in [-0.4, -0.2) is 51.9 Å². The SMILES string of the molecule is CN1Cc2ccccc2CC1C(=O)N1CCC(c2cc(=O)[nH]cn2)CC1. The van der Waals surface area contributed by atoms with Gasteiger partial charge in [0.15, 0.2) is 0 Å². The van der Waals surface area contributed by atoms with Crippen molar-refractivity contribution in [2.75, 3.05) is 20.1 Å². The number of likely N-dealkylation sites (N-methyl/N-ethyl adjacent to an activating group) is 1. The molecule has 1 N–H and O–H groups in total. The summed E-state index contributed by atoms with van der Waals surface area (Å²) in [6, 6.07) is 9.88. The van der Waals surface area contributed by atoms with Gasteiger partial charge in [-0.15, -0.1) is 0 Å². The van der Waals surface area contributed by atoms with Gasteiger partial charge in [0, 0.05) is 31.6 Å². The summed E-state index contributed by atoms with van der Waals surface area (Å²) < 4.78 is 0. The zero-order valence-corrected chi connectivity index (χ0v) is 15.0. The Morgan fingerprint density at radius 3 is 2.65 bits per heavy atom. The highest BCUT2D eigenvalue weighted by Crippen LogP contribution is 2.28. The van der Waals surface area contributed by atoms with E-state index >= 15 is 0 Å². The molecule has 1 aromatic heterocycles. The number of nitrogens with zero attached hydrogens (tertiary/aromatic N) is 3. The average Bonchev–Trinajstić information content (AvgIpc) is 2.67. The number of hydrogen-bond donors (Lipinski definition) is 1. The molecule has 0 spiro atoms. The maximum atomic E-state index is 13.1. The molecule has 136 valence electrons. The lowest BCUT2D eigenvalue weighted by molar-refractivity contribution is -0.138. The average molecular weight is 352 g/mol. The van der Waals surface area contributed by atoms with Crippen molar-refractivity contribution in [3.63, 3.8) is 0 Å². The molecule has 2 aliphatic heterocycles. The number of H-pyrrole nitrogens is 1. The van der Waals surface area contributed by atoms with Gasteiger partial charge < -0.3 is 9.88 Å². The van der Waals surface area contributed by atoms with E-state index in [0.717, 1.165) is 44.6 Å². The summed E-state index contributed by atoms with van der Waals surface area (Å²) in [7, 11) is 2.03. The molecule has 3 heterocycles. The summed E-state index contributed by atoms with van der Waals surface area (Å²) in [5.74, 6) is 0.477. The molecule has 2 aromatic rings. The number of rotatable bonds is 2. The molecule has 2 aliphatic rings. The van der Waals surface area contributed by atoms with E-state index in [-0.39, 0.29) is 23.4 Å². The molecular weight excluding hydrogens is 328 g/mol. The molecule has 1 atom stereocenters. The van der Waals surface area contributed by atoms with Gasteiger partial charge in [-0.05, 0) is 37.4 Å². The Kier molecular flexibility index (Phi) is 4.59. The van der Waals surface area contributed by atoms with Crippen molar-refractivity contribution in [3.8, 4) is 0 Å². The van der Waals surface area contributed by atoms with Crippen LogP contribution in [0.1, 0.15) is 35.6 Å². The third kappa shape index (κ3) is 3.29. The third-order valence-corrected chi connectivity index (χ3v) is 5.69. The standard InChI is InChI=1S/C20H24N4O2/c1-23-12-16-5-3-2-4-15(16)10-18(23)20(26)24-8-6-14(7-9-24)17-11-19(25)22-13-21-17/h2-5,11,13-14,18H,6-10,12H2,1H3,(H,21,22,25). The Bertz CT molecular complexity index is 855. The molecule has 1 fully saturated rings. The molecule has 1 unspecified atom stereocenters. The first-order valence-corrected chi connectivity index (χ1v) is 9.22. The Labute approximate surface area is 152 Å². The molecule has 0 saturated carbocycles. The van der Waals surface area contributed by atoms with Gasteiger partial charge in [-0.2, -0.15) is 0 Å². The van der Waals surface area contributed by atoms with Gasteiger partial charge in [0.25, 0.3) is 5.56 Å². The number of nitrogens with one attached hydrogen (secondary N) is 1. The first-order valence-electron chi connectivity index (χ1n) is 9.22. The smallest absolute Gasteiger partial charge is 0.250 e. The largest absolute Gasteiger partial charge is 0.341 e. The summed E-state index contributed by atoms with van der Waals surface area (Å²) in [5.41, 5.74) is 3.32. The van der Waals surface area contributed by atoms with E-state index in [2.05, 4.69) is 33.1 Å². The molecule has 6 heteroatoms. The summed E-state index contributed by atoms with van der Waals surface area (Å²) >= 11 is 0. The van der Waals surface area contributed by atoms with E-state index < -0.39 is 0 Å². The fraction of sp³-hybridized carbons (Fsp3) is 0.450. The first kappa shape index (κ1) is 17.0. The highest BCUT2D eigenvalue weighted by atomic mass is 16.2. The fourth-order valence-electron chi connectivity index (χ4n) is 4.14. The Hall–Kier alpha value is -2.47. The number of piperidine rings is 1. The number of aromatic amines is 1. The zero-order valence-electron chi connectivity index (χ0n) is 15.0. The number of benzene rings is 1. The molecule has 26 heavy (non-hydrogen) atoms. The molecule has 1 amide bonds. The van der Waals surface area contributed by atoms with Crippen molar-refractivity contribution in [2.24, 2.45) is 0 Å². The molecular formula is C20H24N4O2. The van der Waals surface area contributed by atoms with Crippen molar-refractivity contribution in [1.82, 2.24) is 19.8 Å². The minimum absolute atomic E-state index is 0.0841. The first-order chi connectivity index (χ1) is 12.6. The van der Waals surface area contributed by atoms with E-state index in [1.807, 2.05) is 18.0 Å². The lowest BCUT2D eigenvalue weighted by atomic mass is 9.91.